The van der Waals surface area contributed by atoms with Gasteiger partial charge in [-0.1, -0.05) is 13.8 Å². The highest BCUT2D eigenvalue weighted by Gasteiger charge is 2.57. The van der Waals surface area contributed by atoms with E-state index in [2.05, 4.69) is 26.1 Å². The molecule has 2 atom stereocenters. The third kappa shape index (κ3) is 1.03. The molecule has 2 heterocycles. The van der Waals surface area contributed by atoms with Crippen LogP contribution in [0.3, 0.4) is 0 Å². The first kappa shape index (κ1) is 9.00. The molecule has 1 N–H and O–H groups in total. The van der Waals surface area contributed by atoms with Gasteiger partial charge in [0.15, 0.2) is 0 Å². The first-order chi connectivity index (χ1) is 5.98. The molecule has 0 aliphatic carbocycles. The van der Waals surface area contributed by atoms with Crippen molar-refractivity contribution in [3.05, 3.63) is 0 Å². The molecule has 74 valence electrons. The standard InChI is InChI=1S/C10H17NO2/c1-7-10(4-8(12)11-7)6-13-5-9(10,2)3/h7H,4-6H2,1-3H3,(H,11,12). The van der Waals surface area contributed by atoms with Crippen molar-refractivity contribution < 1.29 is 9.53 Å². The zero-order chi connectivity index (χ0) is 9.69. The molecule has 2 rings (SSSR count). The normalized spacial score (nSPS) is 42.7. The average molecular weight is 183 g/mol. The number of hydrogen-bond acceptors (Lipinski definition) is 2. The number of hydrogen-bond donors (Lipinski definition) is 1. The molecule has 2 saturated heterocycles. The Kier molecular flexibility index (Phi) is 1.71. The SMILES string of the molecule is CC1NC(=O)CC12COCC2(C)C. The van der Waals surface area contributed by atoms with Crippen LogP contribution >= 0.6 is 0 Å². The Morgan fingerprint density at radius 3 is 2.54 bits per heavy atom. The summed E-state index contributed by atoms with van der Waals surface area (Å²) in [6.07, 6.45) is 0.626. The molecule has 2 unspecified atom stereocenters. The largest absolute Gasteiger partial charge is 0.380 e. The molecule has 1 spiro atoms. The minimum atomic E-state index is 0.0318. The van der Waals surface area contributed by atoms with Crippen LogP contribution in [0.25, 0.3) is 0 Å². The highest BCUT2D eigenvalue weighted by molar-refractivity contribution is 5.80. The number of ether oxygens (including phenoxy) is 1. The van der Waals surface area contributed by atoms with Crippen LogP contribution < -0.4 is 5.32 Å². The van der Waals surface area contributed by atoms with Crippen molar-refractivity contribution in [3.63, 3.8) is 0 Å². The molecule has 0 aromatic heterocycles. The van der Waals surface area contributed by atoms with E-state index in [1.54, 1.807) is 0 Å². The Morgan fingerprint density at radius 2 is 2.15 bits per heavy atom. The Hall–Kier alpha value is -0.570. The van der Waals surface area contributed by atoms with Gasteiger partial charge in [-0.2, -0.15) is 0 Å². The lowest BCUT2D eigenvalue weighted by molar-refractivity contribution is -0.120. The van der Waals surface area contributed by atoms with E-state index in [1.165, 1.54) is 0 Å². The van der Waals surface area contributed by atoms with E-state index in [1.807, 2.05) is 0 Å². The number of carbonyl (C=O) groups excluding carboxylic acids is 1. The maximum atomic E-state index is 11.3. The summed E-state index contributed by atoms with van der Waals surface area (Å²) in [5.74, 6) is 0.172. The summed E-state index contributed by atoms with van der Waals surface area (Å²) >= 11 is 0. The number of carbonyl (C=O) groups is 1. The van der Waals surface area contributed by atoms with E-state index >= 15 is 0 Å². The van der Waals surface area contributed by atoms with Gasteiger partial charge in [0.25, 0.3) is 0 Å². The Balaban J connectivity index is 2.34. The Labute approximate surface area is 78.8 Å². The topological polar surface area (TPSA) is 38.3 Å². The van der Waals surface area contributed by atoms with Gasteiger partial charge in [-0.3, -0.25) is 4.79 Å². The van der Waals surface area contributed by atoms with Gasteiger partial charge in [0.2, 0.25) is 5.91 Å². The van der Waals surface area contributed by atoms with E-state index in [4.69, 9.17) is 4.74 Å². The fourth-order valence-corrected chi connectivity index (χ4v) is 2.70. The lowest BCUT2D eigenvalue weighted by Gasteiger charge is -2.38. The van der Waals surface area contributed by atoms with Gasteiger partial charge in [0.1, 0.15) is 0 Å². The van der Waals surface area contributed by atoms with Crippen LogP contribution in [0.5, 0.6) is 0 Å². The van der Waals surface area contributed by atoms with Gasteiger partial charge in [-0.05, 0) is 12.3 Å². The van der Waals surface area contributed by atoms with E-state index in [0.29, 0.717) is 6.42 Å². The second-order valence-electron chi connectivity index (χ2n) is 5.00. The predicted molar refractivity (Wildman–Crippen MR) is 49.3 cm³/mol. The quantitative estimate of drug-likeness (QED) is 0.607. The van der Waals surface area contributed by atoms with Crippen molar-refractivity contribution in [3.8, 4) is 0 Å². The maximum absolute atomic E-state index is 11.3. The van der Waals surface area contributed by atoms with Crippen molar-refractivity contribution >= 4 is 5.91 Å². The Morgan fingerprint density at radius 1 is 1.46 bits per heavy atom. The lowest BCUT2D eigenvalue weighted by atomic mass is 9.64. The maximum Gasteiger partial charge on any atom is 0.220 e. The van der Waals surface area contributed by atoms with Crippen LogP contribution in [0.15, 0.2) is 0 Å². The van der Waals surface area contributed by atoms with Crippen LogP contribution in [0.4, 0.5) is 0 Å². The van der Waals surface area contributed by atoms with Crippen LogP contribution in [-0.4, -0.2) is 25.2 Å². The monoisotopic (exact) mass is 183 g/mol. The number of nitrogens with one attached hydrogen (secondary N) is 1. The molecule has 3 nitrogen and oxygen atoms in total. The molecule has 0 radical (unpaired) electrons. The molecule has 0 aromatic carbocycles. The smallest absolute Gasteiger partial charge is 0.220 e. The summed E-state index contributed by atoms with van der Waals surface area (Å²) in [7, 11) is 0. The van der Waals surface area contributed by atoms with E-state index in [-0.39, 0.29) is 22.8 Å². The molecule has 13 heavy (non-hydrogen) atoms. The zero-order valence-electron chi connectivity index (χ0n) is 8.52. The van der Waals surface area contributed by atoms with E-state index in [0.717, 1.165) is 13.2 Å². The van der Waals surface area contributed by atoms with E-state index < -0.39 is 0 Å². The summed E-state index contributed by atoms with van der Waals surface area (Å²) < 4.78 is 5.52. The second kappa shape index (κ2) is 2.47. The second-order valence-corrected chi connectivity index (χ2v) is 5.00. The molecule has 1 amide bonds. The number of rotatable bonds is 0. The summed E-state index contributed by atoms with van der Waals surface area (Å²) in [5, 5.41) is 2.99. The molecule has 3 heteroatoms. The predicted octanol–water partition coefficient (Wildman–Crippen LogP) is 0.938. The fraction of sp³-hybridized carbons (Fsp3) is 0.900. The molecular weight excluding hydrogens is 166 g/mol. The highest BCUT2D eigenvalue weighted by atomic mass is 16.5. The van der Waals surface area contributed by atoms with Gasteiger partial charge in [-0.15, -0.1) is 0 Å². The first-order valence-electron chi connectivity index (χ1n) is 4.85. The molecule has 0 bridgehead atoms. The van der Waals surface area contributed by atoms with Gasteiger partial charge >= 0.3 is 0 Å². The summed E-state index contributed by atoms with van der Waals surface area (Å²) in [4.78, 5) is 11.3. The molecule has 2 fully saturated rings. The number of amides is 1. The minimum absolute atomic E-state index is 0.0318. The van der Waals surface area contributed by atoms with Crippen molar-refractivity contribution in [2.45, 2.75) is 33.2 Å². The van der Waals surface area contributed by atoms with Crippen LogP contribution in [0.2, 0.25) is 0 Å². The molecule has 0 aromatic rings. The molecular formula is C10H17NO2. The summed E-state index contributed by atoms with van der Waals surface area (Å²) in [6.45, 7) is 7.96. The lowest BCUT2D eigenvalue weighted by Crippen LogP contribution is -2.44. The Bertz CT molecular complexity index is 249. The highest BCUT2D eigenvalue weighted by Crippen LogP contribution is 2.51. The molecule has 2 aliphatic rings. The zero-order valence-corrected chi connectivity index (χ0v) is 8.52. The van der Waals surface area contributed by atoms with Crippen LogP contribution in [0.1, 0.15) is 27.2 Å². The van der Waals surface area contributed by atoms with Crippen molar-refractivity contribution in [2.24, 2.45) is 10.8 Å². The van der Waals surface area contributed by atoms with Crippen molar-refractivity contribution in [1.29, 1.82) is 0 Å². The first-order valence-corrected chi connectivity index (χ1v) is 4.85. The van der Waals surface area contributed by atoms with Crippen molar-refractivity contribution in [2.75, 3.05) is 13.2 Å². The van der Waals surface area contributed by atoms with Crippen LogP contribution in [0, 0.1) is 10.8 Å². The van der Waals surface area contributed by atoms with Gasteiger partial charge in [0, 0.05) is 17.9 Å². The van der Waals surface area contributed by atoms with Crippen LogP contribution in [-0.2, 0) is 9.53 Å². The van der Waals surface area contributed by atoms with Crippen molar-refractivity contribution in [1.82, 2.24) is 5.32 Å². The average Bonchev–Trinajstić information content (AvgIpc) is 2.40. The van der Waals surface area contributed by atoms with E-state index in [9.17, 15) is 4.79 Å². The van der Waals surface area contributed by atoms with Gasteiger partial charge < -0.3 is 10.1 Å². The third-order valence-corrected chi connectivity index (χ3v) is 3.85. The van der Waals surface area contributed by atoms with Gasteiger partial charge in [-0.25, -0.2) is 0 Å². The molecule has 2 aliphatic heterocycles. The fourth-order valence-electron chi connectivity index (χ4n) is 2.70. The minimum Gasteiger partial charge on any atom is -0.380 e. The molecule has 0 saturated carbocycles. The summed E-state index contributed by atoms with van der Waals surface area (Å²) in [6, 6.07) is 0.248. The third-order valence-electron chi connectivity index (χ3n) is 3.85. The summed E-state index contributed by atoms with van der Waals surface area (Å²) in [5.41, 5.74) is 0.148. The van der Waals surface area contributed by atoms with Gasteiger partial charge in [0.05, 0.1) is 13.2 Å².